The maximum Gasteiger partial charge on any atom is 0.218 e. The average Bonchev–Trinajstić information content (AvgIpc) is 3.23. The lowest BCUT2D eigenvalue weighted by Gasteiger charge is -2.32. The summed E-state index contributed by atoms with van der Waals surface area (Å²) in [5.41, 5.74) is 0.857. The smallest absolute Gasteiger partial charge is 0.218 e. The first-order valence-electron chi connectivity index (χ1n) is 10.5. The lowest BCUT2D eigenvalue weighted by atomic mass is 10.1. The lowest BCUT2D eigenvalue weighted by molar-refractivity contribution is 0.163. The standard InChI is InChI=1S/C23H22ClN5O3S/c1-33(30,31)19-3-4-20-16(12-19)6-11-29(20)22-13-23(27-15-26-22)32-18-7-9-28(10-8-18)21-5-2-17(24)14-25-21/h2-6,11-15,18H,7-10H2,1H3. The van der Waals surface area contributed by atoms with E-state index in [0.717, 1.165) is 42.7 Å². The molecule has 4 aromatic rings. The van der Waals surface area contributed by atoms with E-state index in [4.69, 9.17) is 16.3 Å². The number of fused-ring (bicyclic) bond motifs is 1. The summed E-state index contributed by atoms with van der Waals surface area (Å²) < 4.78 is 31.7. The third-order valence-electron chi connectivity index (χ3n) is 5.73. The zero-order chi connectivity index (χ0) is 23.0. The number of rotatable bonds is 5. The molecule has 0 aliphatic carbocycles. The molecule has 0 saturated carbocycles. The molecular weight excluding hydrogens is 462 g/mol. The summed E-state index contributed by atoms with van der Waals surface area (Å²) in [6.45, 7) is 1.67. The highest BCUT2D eigenvalue weighted by molar-refractivity contribution is 7.90. The summed E-state index contributed by atoms with van der Waals surface area (Å²) in [6.07, 6.45) is 7.96. The molecule has 170 valence electrons. The second-order valence-electron chi connectivity index (χ2n) is 8.03. The highest BCUT2D eigenvalue weighted by Crippen LogP contribution is 2.25. The van der Waals surface area contributed by atoms with Crippen LogP contribution >= 0.6 is 11.6 Å². The maximum absolute atomic E-state index is 11.8. The maximum atomic E-state index is 11.8. The molecule has 0 spiro atoms. The van der Waals surface area contributed by atoms with E-state index in [2.05, 4.69) is 19.9 Å². The molecule has 4 heterocycles. The summed E-state index contributed by atoms with van der Waals surface area (Å²) in [5.74, 6) is 2.09. The molecule has 0 unspecified atom stereocenters. The Balaban J connectivity index is 1.30. The molecule has 33 heavy (non-hydrogen) atoms. The van der Waals surface area contributed by atoms with Gasteiger partial charge in [-0.25, -0.2) is 23.4 Å². The second-order valence-corrected chi connectivity index (χ2v) is 10.5. The van der Waals surface area contributed by atoms with E-state index >= 15 is 0 Å². The number of pyridine rings is 1. The van der Waals surface area contributed by atoms with Crippen molar-refractivity contribution in [1.29, 1.82) is 0 Å². The predicted molar refractivity (Wildman–Crippen MR) is 127 cm³/mol. The number of sulfone groups is 1. The van der Waals surface area contributed by atoms with E-state index < -0.39 is 9.84 Å². The molecule has 1 aliphatic rings. The zero-order valence-corrected chi connectivity index (χ0v) is 19.5. The van der Waals surface area contributed by atoms with Crippen LogP contribution in [0.3, 0.4) is 0 Å². The van der Waals surface area contributed by atoms with Crippen molar-refractivity contribution in [2.75, 3.05) is 24.2 Å². The number of anilines is 1. The molecule has 1 fully saturated rings. The monoisotopic (exact) mass is 483 g/mol. The fourth-order valence-corrected chi connectivity index (χ4v) is 4.77. The van der Waals surface area contributed by atoms with E-state index in [0.29, 0.717) is 21.6 Å². The summed E-state index contributed by atoms with van der Waals surface area (Å²) >= 11 is 5.93. The fraction of sp³-hybridized carbons (Fsp3) is 0.261. The fourth-order valence-electron chi connectivity index (χ4n) is 4.01. The van der Waals surface area contributed by atoms with Gasteiger partial charge in [-0.1, -0.05) is 11.6 Å². The van der Waals surface area contributed by atoms with Gasteiger partial charge < -0.3 is 14.2 Å². The SMILES string of the molecule is CS(=O)(=O)c1ccc2c(ccn2-c2cc(OC3CCN(c4ccc(Cl)cn4)CC3)ncn2)c1. The molecule has 8 nitrogen and oxygen atoms in total. The lowest BCUT2D eigenvalue weighted by Crippen LogP contribution is -2.38. The first kappa shape index (κ1) is 21.7. The largest absolute Gasteiger partial charge is 0.474 e. The molecule has 10 heteroatoms. The molecule has 1 aliphatic heterocycles. The van der Waals surface area contributed by atoms with Crippen LogP contribution in [0.25, 0.3) is 16.7 Å². The highest BCUT2D eigenvalue weighted by atomic mass is 35.5. The second kappa shape index (κ2) is 8.64. The van der Waals surface area contributed by atoms with Crippen LogP contribution in [0.15, 0.2) is 66.1 Å². The van der Waals surface area contributed by atoms with Crippen molar-refractivity contribution in [2.24, 2.45) is 0 Å². The number of benzene rings is 1. The first-order valence-corrected chi connectivity index (χ1v) is 12.8. The Morgan fingerprint density at radius 3 is 2.55 bits per heavy atom. The minimum absolute atomic E-state index is 0.0509. The molecule has 0 radical (unpaired) electrons. The Labute approximate surface area is 196 Å². The first-order chi connectivity index (χ1) is 15.9. The Morgan fingerprint density at radius 1 is 1.00 bits per heavy atom. The number of nitrogens with zero attached hydrogens (tertiary/aromatic N) is 5. The number of piperidine rings is 1. The van der Waals surface area contributed by atoms with Gasteiger partial charge in [-0.15, -0.1) is 0 Å². The van der Waals surface area contributed by atoms with Gasteiger partial charge in [0.15, 0.2) is 9.84 Å². The van der Waals surface area contributed by atoms with Gasteiger partial charge in [0, 0.05) is 56.0 Å². The molecule has 5 rings (SSSR count). The van der Waals surface area contributed by atoms with Crippen molar-refractivity contribution in [3.63, 3.8) is 0 Å². The Hall–Kier alpha value is -3.17. The Morgan fingerprint density at radius 2 is 1.82 bits per heavy atom. The molecular formula is C23H22ClN5O3S. The minimum Gasteiger partial charge on any atom is -0.474 e. The van der Waals surface area contributed by atoms with Crippen molar-refractivity contribution in [1.82, 2.24) is 19.5 Å². The molecule has 0 atom stereocenters. The van der Waals surface area contributed by atoms with Crippen molar-refractivity contribution in [3.05, 3.63) is 66.2 Å². The third-order valence-corrected chi connectivity index (χ3v) is 7.06. The normalized spacial score (nSPS) is 15.2. The molecule has 1 saturated heterocycles. The topological polar surface area (TPSA) is 90.2 Å². The van der Waals surface area contributed by atoms with Gasteiger partial charge in [-0.2, -0.15) is 0 Å². The zero-order valence-electron chi connectivity index (χ0n) is 17.9. The number of halogens is 1. The van der Waals surface area contributed by atoms with Crippen LogP contribution in [-0.4, -0.2) is 53.4 Å². The van der Waals surface area contributed by atoms with Gasteiger partial charge in [0.2, 0.25) is 5.88 Å². The van der Waals surface area contributed by atoms with Crippen molar-refractivity contribution in [2.45, 2.75) is 23.8 Å². The number of aromatic nitrogens is 4. The van der Waals surface area contributed by atoms with Gasteiger partial charge in [0.05, 0.1) is 15.4 Å². The van der Waals surface area contributed by atoms with Crippen LogP contribution in [0.4, 0.5) is 5.82 Å². The van der Waals surface area contributed by atoms with Crippen LogP contribution in [-0.2, 0) is 9.84 Å². The number of ether oxygens (including phenoxy) is 1. The van der Waals surface area contributed by atoms with E-state index in [1.165, 1.54) is 12.6 Å². The van der Waals surface area contributed by atoms with Crippen LogP contribution in [0.5, 0.6) is 5.88 Å². The van der Waals surface area contributed by atoms with Gasteiger partial charge in [0.25, 0.3) is 0 Å². The summed E-state index contributed by atoms with van der Waals surface area (Å²) in [6, 6.07) is 12.5. The van der Waals surface area contributed by atoms with E-state index in [-0.39, 0.29) is 6.10 Å². The Kier molecular flexibility index (Phi) is 5.67. The predicted octanol–water partition coefficient (Wildman–Crippen LogP) is 3.92. The number of hydrogen-bond acceptors (Lipinski definition) is 7. The van der Waals surface area contributed by atoms with Crippen LogP contribution < -0.4 is 9.64 Å². The summed E-state index contributed by atoms with van der Waals surface area (Å²) in [7, 11) is -3.26. The molecule has 0 bridgehead atoms. The van der Waals surface area contributed by atoms with Crippen molar-refractivity contribution in [3.8, 4) is 11.7 Å². The van der Waals surface area contributed by atoms with Crippen LogP contribution in [0, 0.1) is 0 Å². The van der Waals surface area contributed by atoms with Crippen LogP contribution in [0.2, 0.25) is 5.02 Å². The molecule has 3 aromatic heterocycles. The molecule has 1 aromatic carbocycles. The van der Waals surface area contributed by atoms with Gasteiger partial charge in [-0.3, -0.25) is 0 Å². The van der Waals surface area contributed by atoms with Gasteiger partial charge in [-0.05, 0) is 36.4 Å². The summed E-state index contributed by atoms with van der Waals surface area (Å²) in [5, 5.41) is 1.45. The molecule has 0 amide bonds. The van der Waals surface area contributed by atoms with Crippen LogP contribution in [0.1, 0.15) is 12.8 Å². The van der Waals surface area contributed by atoms with E-state index in [1.807, 2.05) is 29.0 Å². The van der Waals surface area contributed by atoms with Crippen molar-refractivity contribution < 1.29 is 13.2 Å². The highest BCUT2D eigenvalue weighted by Gasteiger charge is 2.22. The van der Waals surface area contributed by atoms with E-state index in [1.54, 1.807) is 30.5 Å². The third kappa shape index (κ3) is 4.65. The van der Waals surface area contributed by atoms with Gasteiger partial charge in [0.1, 0.15) is 24.1 Å². The van der Waals surface area contributed by atoms with E-state index in [9.17, 15) is 8.42 Å². The van der Waals surface area contributed by atoms with Gasteiger partial charge >= 0.3 is 0 Å². The summed E-state index contributed by atoms with van der Waals surface area (Å²) in [4.78, 5) is 15.6. The molecule has 0 N–H and O–H groups in total. The quantitative estimate of drug-likeness (QED) is 0.425. The average molecular weight is 484 g/mol. The number of hydrogen-bond donors (Lipinski definition) is 0. The minimum atomic E-state index is -3.26. The Bertz CT molecular complexity index is 1400. The van der Waals surface area contributed by atoms with Crippen molar-refractivity contribution >= 4 is 38.2 Å².